The molecule has 0 amide bonds. The fourth-order valence-corrected chi connectivity index (χ4v) is 0.609. The minimum absolute atomic E-state index is 0. The monoisotopic (exact) mass is 531 g/mol. The van der Waals surface area contributed by atoms with Crippen molar-refractivity contribution in [1.29, 1.82) is 0 Å². The second-order valence-electron chi connectivity index (χ2n) is 1.73. The van der Waals surface area contributed by atoms with E-state index in [-0.39, 0.29) is 70.5 Å². The van der Waals surface area contributed by atoms with E-state index in [0.29, 0.717) is 0 Å². The number of thiol groups is 1. The van der Waals surface area contributed by atoms with Crippen LogP contribution in [0.2, 0.25) is 0 Å². The van der Waals surface area contributed by atoms with Gasteiger partial charge < -0.3 is 13.5 Å². The van der Waals surface area contributed by atoms with Crippen molar-refractivity contribution in [3.05, 3.63) is 84.8 Å². The fraction of sp³-hybridized carbons (Fsp3) is 0.0667. The number of Topliss-reactive ketones (excluding diaryl/α,β-unsaturated/α-hetero) is 1. The quantitative estimate of drug-likeness (QED) is 0.157. The molecule has 6 radical (unpaired) electrons. The summed E-state index contributed by atoms with van der Waals surface area (Å²) in [4.78, 5) is 10.5. The molecule has 0 bridgehead atoms. The van der Waals surface area contributed by atoms with E-state index >= 15 is 0 Å². The van der Waals surface area contributed by atoms with Crippen molar-refractivity contribution in [1.82, 2.24) is 0 Å². The Morgan fingerprint density at radius 1 is 0.643 bits per heavy atom. The van der Waals surface area contributed by atoms with E-state index in [1.165, 1.54) is 0 Å². The second-order valence-corrected chi connectivity index (χ2v) is 1.73. The molecule has 1 rings (SSSR count). The van der Waals surface area contributed by atoms with Crippen LogP contribution in [0, 0.1) is 84.8 Å². The molecule has 1 fully saturated rings. The SMILES string of the molecule is CC(=O)[C]1[CH][CH][CH][CH]1.[C-]#[O+].[C-]#[O+].[C-]#[O+].[C-]#[O+].[C-]#[O+].[C-]#[O+].[C-]#[O+].[C-]#[O+].[Co].[Cr].[Fe].[SH-]. The minimum Gasteiger partial charge on any atom is -0.813 e. The van der Waals surface area contributed by atoms with Crippen molar-refractivity contribution in [3.8, 4) is 0 Å². The molecule has 0 unspecified atom stereocenters. The average Bonchev–Trinajstić information content (AvgIpc) is 3.30. The molecule has 0 aromatic heterocycles. The summed E-state index contributed by atoms with van der Waals surface area (Å²) in [6.45, 7) is 37.6. The molecule has 1 aliphatic rings. The van der Waals surface area contributed by atoms with Crippen LogP contribution in [-0.4, -0.2) is 5.78 Å². The molecule has 13 heteroatoms. The average molecular weight is 531 g/mol. The van der Waals surface area contributed by atoms with E-state index in [1.54, 1.807) is 6.92 Å². The van der Waals surface area contributed by atoms with Crippen molar-refractivity contribution in [2.45, 2.75) is 6.92 Å². The Labute approximate surface area is 203 Å². The van der Waals surface area contributed by atoms with Gasteiger partial charge >= 0.3 is 90.4 Å². The summed E-state index contributed by atoms with van der Waals surface area (Å²) in [6, 6.07) is 0. The third-order valence-electron chi connectivity index (χ3n) is 1.07. The van der Waals surface area contributed by atoms with E-state index in [0.717, 1.165) is 5.92 Å². The van der Waals surface area contributed by atoms with Gasteiger partial charge in [-0.15, -0.1) is 0 Å². The number of rotatable bonds is 1. The van der Waals surface area contributed by atoms with Crippen LogP contribution in [0.5, 0.6) is 0 Å². The largest absolute Gasteiger partial charge is 0.813 e. The second kappa shape index (κ2) is 191. The van der Waals surface area contributed by atoms with Crippen LogP contribution < -0.4 is 0 Å². The molecule has 0 N–H and O–H groups in total. The van der Waals surface area contributed by atoms with E-state index in [9.17, 15) is 4.79 Å². The molecule has 0 aliphatic heterocycles. The first-order valence-corrected chi connectivity index (χ1v) is 4.16. The molecule has 9 nitrogen and oxygen atoms in total. The molecule has 0 atom stereocenters. The number of carbonyl (C=O) groups excluding carboxylic acids is 1. The Balaban J connectivity index is -0.0000000113. The van der Waals surface area contributed by atoms with Gasteiger partial charge in [-0.2, -0.15) is 0 Å². The predicted molar refractivity (Wildman–Crippen MR) is 71.3 cm³/mol. The molecular weight excluding hydrogens is 523 g/mol. The Kier molecular flexibility index (Phi) is 548. The smallest absolute Gasteiger partial charge is 0 e. The zero-order valence-corrected chi connectivity index (χ0v) is 17.8. The standard InChI is InChI=1S/C7H7O.8CO.Co.Cr.Fe.H2S/c1-6(8)7-4-2-3-5-7;8*1-2;;;;/h2-5H,1H3;;;;;;;;;;;;1H2/p-1. The maximum atomic E-state index is 10.5. The Bertz CT molecular complexity index is 313. The normalized spacial score (nSPS) is 6.75. The van der Waals surface area contributed by atoms with Crippen LogP contribution in [0.15, 0.2) is 0 Å². The molecule has 1 aliphatic carbocycles. The number of carbonyl (C=O) groups is 1. The maximum Gasteiger partial charge on any atom is 0 e. The summed E-state index contributed by atoms with van der Waals surface area (Å²) in [7, 11) is 0. The Hall–Kier alpha value is -0.502. The van der Waals surface area contributed by atoms with Gasteiger partial charge in [-0.25, -0.2) is 0 Å². The van der Waals surface area contributed by atoms with E-state index < -0.39 is 0 Å². The van der Waals surface area contributed by atoms with Crippen molar-refractivity contribution < 1.29 is 93.2 Å². The number of hydrogen-bond donors (Lipinski definition) is 0. The zero-order valence-electron chi connectivity index (χ0n) is 13.5. The van der Waals surface area contributed by atoms with Crippen LogP contribution in [-0.2, 0) is 107 Å². The number of hydrogen-bond acceptors (Lipinski definition) is 2. The van der Waals surface area contributed by atoms with Gasteiger partial charge in [0.2, 0.25) is 0 Å². The molecule has 152 valence electrons. The summed E-state index contributed by atoms with van der Waals surface area (Å²) in [6.07, 6.45) is 7.33. The van der Waals surface area contributed by atoms with Crippen molar-refractivity contribution in [2.24, 2.45) is 0 Å². The van der Waals surface area contributed by atoms with E-state index in [2.05, 4.69) is 53.2 Å². The van der Waals surface area contributed by atoms with Crippen LogP contribution in [0.4, 0.5) is 0 Å². The molecule has 0 aromatic rings. The van der Waals surface area contributed by atoms with Gasteiger partial charge in [-0.3, -0.25) is 4.79 Å². The first-order chi connectivity index (χ1) is 11.8. The summed E-state index contributed by atoms with van der Waals surface area (Å²) in [5.41, 5.74) is 0. The number of ketones is 1. The van der Waals surface area contributed by atoms with Gasteiger partial charge in [0.25, 0.3) is 0 Å². The molecule has 28 heavy (non-hydrogen) atoms. The van der Waals surface area contributed by atoms with Crippen LogP contribution in [0.1, 0.15) is 6.92 Å². The zero-order chi connectivity index (χ0) is 22.0. The predicted octanol–water partition coefficient (Wildman–Crippen LogP) is 0.403. The topological polar surface area (TPSA) is 176 Å². The van der Waals surface area contributed by atoms with Gasteiger partial charge in [-0.05, 0) is 32.6 Å². The summed E-state index contributed by atoms with van der Waals surface area (Å²) >= 11 is 0. The van der Waals surface area contributed by atoms with Gasteiger partial charge in [0.05, 0.1) is 0 Å². The fourth-order valence-electron chi connectivity index (χ4n) is 0.609. The van der Waals surface area contributed by atoms with Crippen molar-refractivity contribution >= 4 is 19.3 Å². The molecule has 1 saturated carbocycles. The van der Waals surface area contributed by atoms with Crippen LogP contribution >= 0.6 is 0 Å². The molecule has 0 aromatic carbocycles. The van der Waals surface area contributed by atoms with E-state index in [1.807, 2.05) is 25.7 Å². The van der Waals surface area contributed by atoms with Crippen LogP contribution in [0.3, 0.4) is 0 Å². The molecule has 0 spiro atoms. The summed E-state index contributed by atoms with van der Waals surface area (Å²) < 4.78 is 60.0. The van der Waals surface area contributed by atoms with Crippen molar-refractivity contribution in [3.63, 3.8) is 0 Å². The third kappa shape index (κ3) is 139. The summed E-state index contributed by atoms with van der Waals surface area (Å²) in [5, 5.41) is 0. The first kappa shape index (κ1) is 80.4. The Morgan fingerprint density at radius 2 is 0.786 bits per heavy atom. The van der Waals surface area contributed by atoms with Crippen LogP contribution in [0.25, 0.3) is 0 Å². The van der Waals surface area contributed by atoms with E-state index in [4.69, 9.17) is 37.2 Å². The minimum atomic E-state index is 0. The van der Waals surface area contributed by atoms with Gasteiger partial charge in [0, 0.05) is 57.1 Å². The Morgan fingerprint density at radius 3 is 0.857 bits per heavy atom. The van der Waals surface area contributed by atoms with Gasteiger partial charge in [0.15, 0.2) is 0 Å². The van der Waals surface area contributed by atoms with Gasteiger partial charge in [0.1, 0.15) is 5.78 Å². The summed E-state index contributed by atoms with van der Waals surface area (Å²) in [5.74, 6) is 0.931. The molecule has 0 heterocycles. The molecule has 0 saturated heterocycles. The third-order valence-corrected chi connectivity index (χ3v) is 1.07. The maximum absolute atomic E-state index is 10.5. The first-order valence-electron chi connectivity index (χ1n) is 4.16. The van der Waals surface area contributed by atoms with Gasteiger partial charge in [-0.1, -0.05) is 0 Å². The molecular formula is C15H8CoCrFeO9S-. The van der Waals surface area contributed by atoms with Crippen molar-refractivity contribution in [2.75, 3.05) is 0 Å².